The van der Waals surface area contributed by atoms with E-state index in [-0.39, 0.29) is 29.9 Å². The van der Waals surface area contributed by atoms with Crippen molar-refractivity contribution < 1.29 is 9.18 Å². The fourth-order valence-corrected chi connectivity index (χ4v) is 3.08. The van der Waals surface area contributed by atoms with Crippen molar-refractivity contribution in [2.75, 3.05) is 11.9 Å². The smallest absolute Gasteiger partial charge is 0.255 e. The standard InChI is InChI=1S/C23H24FN3O2/c1-15(2)26-22(28)13-25-19-5-4-6-20(12-19)27-14-21(16(3)11-23(27)29)17-7-9-18(24)10-8-17/h4-12,14-15,25H,13H2,1-3H3,(H,26,28). The number of benzene rings is 2. The molecule has 0 bridgehead atoms. The lowest BCUT2D eigenvalue weighted by Gasteiger charge is -2.14. The molecule has 0 saturated heterocycles. The number of anilines is 1. The minimum Gasteiger partial charge on any atom is -0.376 e. The van der Waals surface area contributed by atoms with Crippen molar-refractivity contribution in [1.82, 2.24) is 9.88 Å². The van der Waals surface area contributed by atoms with Crippen molar-refractivity contribution in [2.24, 2.45) is 0 Å². The Morgan fingerprint density at radius 1 is 1.10 bits per heavy atom. The predicted molar refractivity (Wildman–Crippen MR) is 114 cm³/mol. The number of hydrogen-bond donors (Lipinski definition) is 2. The third-order valence-electron chi connectivity index (χ3n) is 4.44. The molecule has 2 N–H and O–H groups in total. The van der Waals surface area contributed by atoms with Crippen LogP contribution in [0.2, 0.25) is 0 Å². The lowest BCUT2D eigenvalue weighted by atomic mass is 10.0. The molecule has 1 amide bonds. The van der Waals surface area contributed by atoms with Gasteiger partial charge in [-0.15, -0.1) is 0 Å². The molecule has 0 aliphatic heterocycles. The molecule has 3 aromatic rings. The lowest BCUT2D eigenvalue weighted by molar-refractivity contribution is -0.119. The highest BCUT2D eigenvalue weighted by molar-refractivity contribution is 5.81. The third-order valence-corrected chi connectivity index (χ3v) is 4.44. The van der Waals surface area contributed by atoms with Crippen LogP contribution >= 0.6 is 0 Å². The molecule has 1 heterocycles. The van der Waals surface area contributed by atoms with Crippen LogP contribution in [-0.2, 0) is 4.79 Å². The van der Waals surface area contributed by atoms with Gasteiger partial charge in [0.1, 0.15) is 5.82 Å². The molecule has 0 aliphatic rings. The van der Waals surface area contributed by atoms with Crippen molar-refractivity contribution in [1.29, 1.82) is 0 Å². The molecule has 0 spiro atoms. The molecule has 0 atom stereocenters. The number of carbonyl (C=O) groups is 1. The van der Waals surface area contributed by atoms with E-state index in [1.807, 2.05) is 45.0 Å². The molecule has 3 rings (SSSR count). The summed E-state index contributed by atoms with van der Waals surface area (Å²) < 4.78 is 14.8. The van der Waals surface area contributed by atoms with Crippen molar-refractivity contribution >= 4 is 11.6 Å². The van der Waals surface area contributed by atoms with E-state index in [2.05, 4.69) is 10.6 Å². The zero-order valence-corrected chi connectivity index (χ0v) is 16.7. The van der Waals surface area contributed by atoms with Crippen LogP contribution in [0.1, 0.15) is 19.4 Å². The van der Waals surface area contributed by atoms with Crippen LogP contribution in [0.4, 0.5) is 10.1 Å². The first-order chi connectivity index (χ1) is 13.8. The predicted octanol–water partition coefficient (Wildman–Crippen LogP) is 3.89. The molecule has 0 aliphatic carbocycles. The second kappa shape index (κ2) is 8.73. The SMILES string of the molecule is Cc1cc(=O)n(-c2cccc(NCC(=O)NC(C)C)c2)cc1-c1ccc(F)cc1. The van der Waals surface area contributed by atoms with Gasteiger partial charge in [0.25, 0.3) is 5.56 Å². The maximum atomic E-state index is 13.3. The van der Waals surface area contributed by atoms with Gasteiger partial charge in [-0.05, 0) is 62.2 Å². The van der Waals surface area contributed by atoms with Gasteiger partial charge in [0.2, 0.25) is 5.91 Å². The number of carbonyl (C=O) groups excluding carboxylic acids is 1. The third kappa shape index (κ3) is 5.10. The van der Waals surface area contributed by atoms with Crippen LogP contribution in [0.3, 0.4) is 0 Å². The van der Waals surface area contributed by atoms with Crippen LogP contribution in [0, 0.1) is 12.7 Å². The number of aromatic nitrogens is 1. The first-order valence-electron chi connectivity index (χ1n) is 9.46. The van der Waals surface area contributed by atoms with E-state index in [1.165, 1.54) is 12.1 Å². The molecule has 6 heteroatoms. The topological polar surface area (TPSA) is 63.1 Å². The van der Waals surface area contributed by atoms with Gasteiger partial charge in [-0.1, -0.05) is 18.2 Å². The van der Waals surface area contributed by atoms with Gasteiger partial charge in [0, 0.05) is 29.6 Å². The monoisotopic (exact) mass is 393 g/mol. The van der Waals surface area contributed by atoms with E-state index >= 15 is 0 Å². The van der Waals surface area contributed by atoms with Gasteiger partial charge in [-0.2, -0.15) is 0 Å². The minimum atomic E-state index is -0.306. The number of hydrogen-bond acceptors (Lipinski definition) is 3. The van der Waals surface area contributed by atoms with E-state index < -0.39 is 0 Å². The highest BCUT2D eigenvalue weighted by Gasteiger charge is 2.09. The van der Waals surface area contributed by atoms with Crippen LogP contribution in [-0.4, -0.2) is 23.1 Å². The number of nitrogens with one attached hydrogen (secondary N) is 2. The Morgan fingerprint density at radius 3 is 2.52 bits per heavy atom. The molecule has 0 unspecified atom stereocenters. The Labute approximate surface area is 169 Å². The van der Waals surface area contributed by atoms with Gasteiger partial charge < -0.3 is 10.6 Å². The number of nitrogens with zero attached hydrogens (tertiary/aromatic N) is 1. The van der Waals surface area contributed by atoms with Crippen molar-refractivity contribution in [3.8, 4) is 16.8 Å². The molecular weight excluding hydrogens is 369 g/mol. The molecule has 0 radical (unpaired) electrons. The second-order valence-electron chi connectivity index (χ2n) is 7.21. The summed E-state index contributed by atoms with van der Waals surface area (Å²) in [5.41, 5.74) is 3.74. The van der Waals surface area contributed by atoms with E-state index in [0.717, 1.165) is 22.4 Å². The molecule has 29 heavy (non-hydrogen) atoms. The van der Waals surface area contributed by atoms with Crippen molar-refractivity contribution in [3.63, 3.8) is 0 Å². The molecule has 5 nitrogen and oxygen atoms in total. The first-order valence-corrected chi connectivity index (χ1v) is 9.46. The van der Waals surface area contributed by atoms with Gasteiger partial charge in [0.15, 0.2) is 0 Å². The summed E-state index contributed by atoms with van der Waals surface area (Å²) in [7, 11) is 0. The molecule has 2 aromatic carbocycles. The fourth-order valence-electron chi connectivity index (χ4n) is 3.08. The van der Waals surface area contributed by atoms with Crippen molar-refractivity contribution in [3.05, 3.63) is 82.5 Å². The van der Waals surface area contributed by atoms with Crippen LogP contribution in [0.5, 0.6) is 0 Å². The molecule has 0 fully saturated rings. The zero-order valence-electron chi connectivity index (χ0n) is 16.7. The number of aryl methyl sites for hydroxylation is 1. The average Bonchev–Trinajstić information content (AvgIpc) is 2.67. The number of pyridine rings is 1. The molecule has 150 valence electrons. The highest BCUT2D eigenvalue weighted by Crippen LogP contribution is 2.24. The van der Waals surface area contributed by atoms with Gasteiger partial charge >= 0.3 is 0 Å². The number of rotatable bonds is 6. The Balaban J connectivity index is 1.90. The molecule has 0 saturated carbocycles. The Hall–Kier alpha value is -3.41. The van der Waals surface area contributed by atoms with Gasteiger partial charge in [0.05, 0.1) is 12.2 Å². The Bertz CT molecular complexity index is 1070. The largest absolute Gasteiger partial charge is 0.376 e. The van der Waals surface area contributed by atoms with Crippen LogP contribution in [0.15, 0.2) is 65.6 Å². The summed E-state index contributed by atoms with van der Waals surface area (Å²) >= 11 is 0. The maximum Gasteiger partial charge on any atom is 0.255 e. The lowest BCUT2D eigenvalue weighted by Crippen LogP contribution is -2.34. The quantitative estimate of drug-likeness (QED) is 0.668. The van der Waals surface area contributed by atoms with E-state index in [4.69, 9.17) is 0 Å². The Kier molecular flexibility index (Phi) is 6.12. The molecule has 1 aromatic heterocycles. The van der Waals surface area contributed by atoms with Crippen LogP contribution < -0.4 is 16.2 Å². The minimum absolute atomic E-state index is 0.0756. The summed E-state index contributed by atoms with van der Waals surface area (Å²) in [6.45, 7) is 5.81. The summed E-state index contributed by atoms with van der Waals surface area (Å²) in [6, 6.07) is 15.1. The first kappa shape index (κ1) is 20.3. The second-order valence-corrected chi connectivity index (χ2v) is 7.21. The molecular formula is C23H24FN3O2. The Morgan fingerprint density at radius 2 is 1.83 bits per heavy atom. The van der Waals surface area contributed by atoms with E-state index in [0.29, 0.717) is 5.69 Å². The summed E-state index contributed by atoms with van der Waals surface area (Å²) in [6.07, 6.45) is 1.76. The average molecular weight is 393 g/mol. The van der Waals surface area contributed by atoms with Gasteiger partial charge in [-0.25, -0.2) is 4.39 Å². The normalized spacial score (nSPS) is 10.8. The number of amides is 1. The highest BCUT2D eigenvalue weighted by atomic mass is 19.1. The zero-order chi connectivity index (χ0) is 21.0. The van der Waals surface area contributed by atoms with Crippen LogP contribution in [0.25, 0.3) is 16.8 Å². The fraction of sp³-hybridized carbons (Fsp3) is 0.217. The van der Waals surface area contributed by atoms with E-state index in [9.17, 15) is 14.0 Å². The van der Waals surface area contributed by atoms with Crippen molar-refractivity contribution in [2.45, 2.75) is 26.8 Å². The maximum absolute atomic E-state index is 13.3. The summed E-state index contributed by atoms with van der Waals surface area (Å²) in [5.74, 6) is -0.406. The van der Waals surface area contributed by atoms with E-state index in [1.54, 1.807) is 29.0 Å². The van der Waals surface area contributed by atoms with Gasteiger partial charge in [-0.3, -0.25) is 14.2 Å². The number of halogens is 1. The summed E-state index contributed by atoms with van der Waals surface area (Å²) in [5, 5.41) is 5.90. The summed E-state index contributed by atoms with van der Waals surface area (Å²) in [4.78, 5) is 24.4.